The van der Waals surface area contributed by atoms with E-state index in [4.69, 9.17) is 5.10 Å². The molecule has 0 saturated carbocycles. The third-order valence-corrected chi connectivity index (χ3v) is 5.36. The van der Waals surface area contributed by atoms with Crippen LogP contribution in [0.15, 0.2) is 84.9 Å². The molecule has 31 heavy (non-hydrogen) atoms. The van der Waals surface area contributed by atoms with Crippen LogP contribution in [-0.2, 0) is 6.54 Å². The van der Waals surface area contributed by atoms with Gasteiger partial charge in [0.25, 0.3) is 0 Å². The number of pyridine rings is 1. The minimum absolute atomic E-state index is 0.0441. The molecule has 3 aromatic heterocycles. The standard InChI is InChI=1S/C25H20N4O2/c1-17-14-24(25(30)31)26-28(17)16-20-11-7-10-19-15-23(27-29(19)20)22-13-6-5-12-21(22)18-8-3-2-4-9-18/h2-15H,16H2,1H3,(H,30,31). The topological polar surface area (TPSA) is 72.4 Å². The lowest BCUT2D eigenvalue weighted by Gasteiger charge is -2.08. The van der Waals surface area contributed by atoms with Crippen LogP contribution in [0, 0.1) is 6.92 Å². The van der Waals surface area contributed by atoms with Crippen molar-refractivity contribution < 1.29 is 9.90 Å². The van der Waals surface area contributed by atoms with Crippen molar-refractivity contribution in [2.45, 2.75) is 13.5 Å². The molecular formula is C25H20N4O2. The van der Waals surface area contributed by atoms with Gasteiger partial charge in [0.2, 0.25) is 0 Å². The summed E-state index contributed by atoms with van der Waals surface area (Å²) in [5, 5.41) is 18.3. The van der Waals surface area contributed by atoms with E-state index in [1.165, 1.54) is 0 Å². The number of carbonyl (C=O) groups is 1. The Balaban J connectivity index is 1.58. The van der Waals surface area contributed by atoms with E-state index in [1.807, 2.05) is 60.0 Å². The fourth-order valence-corrected chi connectivity index (χ4v) is 3.83. The molecule has 5 aromatic rings. The number of benzene rings is 2. The monoisotopic (exact) mass is 408 g/mol. The number of carboxylic acid groups (broad SMARTS) is 1. The van der Waals surface area contributed by atoms with Crippen molar-refractivity contribution in [1.29, 1.82) is 0 Å². The summed E-state index contributed by atoms with van der Waals surface area (Å²) >= 11 is 0. The largest absolute Gasteiger partial charge is 0.476 e. The molecule has 0 aliphatic heterocycles. The zero-order chi connectivity index (χ0) is 21.4. The van der Waals surface area contributed by atoms with Crippen molar-refractivity contribution in [1.82, 2.24) is 19.4 Å². The van der Waals surface area contributed by atoms with E-state index in [2.05, 4.69) is 35.4 Å². The summed E-state index contributed by atoms with van der Waals surface area (Å²) in [7, 11) is 0. The van der Waals surface area contributed by atoms with Crippen LogP contribution in [0.25, 0.3) is 27.9 Å². The molecule has 1 N–H and O–H groups in total. The molecule has 0 atom stereocenters. The van der Waals surface area contributed by atoms with Crippen LogP contribution in [0.3, 0.4) is 0 Å². The lowest BCUT2D eigenvalue weighted by molar-refractivity contribution is 0.0689. The Morgan fingerprint density at radius 3 is 2.35 bits per heavy atom. The SMILES string of the molecule is Cc1cc(C(=O)O)nn1Cc1cccc2cc(-c3ccccc3-c3ccccc3)nn12. The normalized spacial score (nSPS) is 11.1. The molecule has 5 rings (SSSR count). The maximum absolute atomic E-state index is 11.2. The third-order valence-electron chi connectivity index (χ3n) is 5.36. The summed E-state index contributed by atoms with van der Waals surface area (Å²) in [4.78, 5) is 11.2. The van der Waals surface area contributed by atoms with E-state index in [0.717, 1.165) is 39.3 Å². The molecule has 0 bridgehead atoms. The van der Waals surface area contributed by atoms with Gasteiger partial charge in [0.05, 0.1) is 23.4 Å². The van der Waals surface area contributed by atoms with Gasteiger partial charge >= 0.3 is 5.97 Å². The number of aryl methyl sites for hydroxylation is 1. The minimum Gasteiger partial charge on any atom is -0.476 e. The van der Waals surface area contributed by atoms with Gasteiger partial charge < -0.3 is 5.11 Å². The zero-order valence-corrected chi connectivity index (χ0v) is 16.9. The minimum atomic E-state index is -1.03. The van der Waals surface area contributed by atoms with Crippen LogP contribution in [0.2, 0.25) is 0 Å². The summed E-state index contributed by atoms with van der Waals surface area (Å²) in [5.41, 5.74) is 6.94. The van der Waals surface area contributed by atoms with Gasteiger partial charge in [-0.2, -0.15) is 10.2 Å². The summed E-state index contributed by atoms with van der Waals surface area (Å²) in [5.74, 6) is -1.03. The Bertz CT molecular complexity index is 1400. The molecule has 3 heterocycles. The molecule has 0 spiro atoms. The number of carboxylic acids is 1. The van der Waals surface area contributed by atoms with Crippen LogP contribution in [-0.4, -0.2) is 30.5 Å². The maximum Gasteiger partial charge on any atom is 0.356 e. The van der Waals surface area contributed by atoms with Crippen LogP contribution >= 0.6 is 0 Å². The lowest BCUT2D eigenvalue weighted by atomic mass is 9.98. The molecule has 0 unspecified atom stereocenters. The van der Waals surface area contributed by atoms with Gasteiger partial charge in [-0.1, -0.05) is 60.7 Å². The highest BCUT2D eigenvalue weighted by atomic mass is 16.4. The van der Waals surface area contributed by atoms with Crippen LogP contribution in [0.4, 0.5) is 0 Å². The average molecular weight is 408 g/mol. The van der Waals surface area contributed by atoms with Crippen molar-refractivity contribution >= 4 is 11.5 Å². The smallest absolute Gasteiger partial charge is 0.356 e. The van der Waals surface area contributed by atoms with E-state index in [0.29, 0.717) is 6.54 Å². The van der Waals surface area contributed by atoms with Gasteiger partial charge in [0.1, 0.15) is 0 Å². The maximum atomic E-state index is 11.2. The molecule has 2 aromatic carbocycles. The van der Waals surface area contributed by atoms with E-state index in [-0.39, 0.29) is 5.69 Å². The first-order valence-electron chi connectivity index (χ1n) is 10.0. The fraction of sp³-hybridized carbons (Fsp3) is 0.0800. The second-order valence-corrected chi connectivity index (χ2v) is 7.43. The third kappa shape index (κ3) is 3.48. The molecule has 0 fully saturated rings. The summed E-state index contributed by atoms with van der Waals surface area (Å²) in [6.07, 6.45) is 0. The Morgan fingerprint density at radius 2 is 1.61 bits per heavy atom. The number of hydrogen-bond donors (Lipinski definition) is 1. The van der Waals surface area contributed by atoms with Gasteiger partial charge in [-0.15, -0.1) is 0 Å². The van der Waals surface area contributed by atoms with Crippen molar-refractivity contribution in [2.24, 2.45) is 0 Å². The highest BCUT2D eigenvalue weighted by Crippen LogP contribution is 2.32. The first kappa shape index (κ1) is 18.8. The van der Waals surface area contributed by atoms with Crippen LogP contribution < -0.4 is 0 Å². The molecule has 0 saturated heterocycles. The predicted molar refractivity (Wildman–Crippen MR) is 119 cm³/mol. The van der Waals surface area contributed by atoms with Crippen molar-refractivity contribution in [3.05, 3.63) is 102 Å². The quantitative estimate of drug-likeness (QED) is 0.448. The number of aromatic nitrogens is 4. The first-order chi connectivity index (χ1) is 15.1. The van der Waals surface area contributed by atoms with Gasteiger partial charge in [-0.05, 0) is 42.3 Å². The second-order valence-electron chi connectivity index (χ2n) is 7.43. The molecular weight excluding hydrogens is 388 g/mol. The highest BCUT2D eigenvalue weighted by Gasteiger charge is 2.14. The van der Waals surface area contributed by atoms with E-state index in [1.54, 1.807) is 10.7 Å². The molecule has 0 amide bonds. The molecule has 152 valence electrons. The summed E-state index contributed by atoms with van der Waals surface area (Å²) < 4.78 is 3.59. The Kier molecular flexibility index (Phi) is 4.59. The number of fused-ring (bicyclic) bond motifs is 1. The molecule has 6 nitrogen and oxygen atoms in total. The van der Waals surface area contributed by atoms with E-state index < -0.39 is 5.97 Å². The number of nitrogens with zero attached hydrogens (tertiary/aromatic N) is 4. The Morgan fingerprint density at radius 1 is 0.871 bits per heavy atom. The average Bonchev–Trinajstić information content (AvgIpc) is 3.39. The fourth-order valence-electron chi connectivity index (χ4n) is 3.83. The number of hydrogen-bond acceptors (Lipinski definition) is 3. The summed E-state index contributed by atoms with van der Waals surface area (Å²) in [6, 6.07) is 28.2. The van der Waals surface area contributed by atoms with Crippen LogP contribution in [0.1, 0.15) is 21.9 Å². The van der Waals surface area contributed by atoms with Crippen molar-refractivity contribution in [2.75, 3.05) is 0 Å². The van der Waals surface area contributed by atoms with Gasteiger partial charge in [0, 0.05) is 11.3 Å². The zero-order valence-electron chi connectivity index (χ0n) is 16.9. The molecule has 0 radical (unpaired) electrons. The molecule has 0 aliphatic carbocycles. The van der Waals surface area contributed by atoms with Crippen molar-refractivity contribution in [3.63, 3.8) is 0 Å². The van der Waals surface area contributed by atoms with E-state index in [9.17, 15) is 9.90 Å². The number of aromatic carboxylic acids is 1. The highest BCUT2D eigenvalue weighted by molar-refractivity contribution is 5.85. The van der Waals surface area contributed by atoms with Gasteiger partial charge in [-0.3, -0.25) is 4.68 Å². The molecule has 0 aliphatic rings. The van der Waals surface area contributed by atoms with E-state index >= 15 is 0 Å². The number of rotatable bonds is 5. The lowest BCUT2D eigenvalue weighted by Crippen LogP contribution is -2.09. The Hall–Kier alpha value is -4.19. The van der Waals surface area contributed by atoms with Crippen molar-refractivity contribution in [3.8, 4) is 22.4 Å². The summed E-state index contributed by atoms with van der Waals surface area (Å²) in [6.45, 7) is 2.28. The van der Waals surface area contributed by atoms with Gasteiger partial charge in [-0.25, -0.2) is 9.31 Å². The van der Waals surface area contributed by atoms with Gasteiger partial charge in [0.15, 0.2) is 5.69 Å². The Labute approximate surface area is 179 Å². The molecule has 6 heteroatoms. The first-order valence-corrected chi connectivity index (χ1v) is 10.0. The van der Waals surface area contributed by atoms with Crippen LogP contribution in [0.5, 0.6) is 0 Å². The predicted octanol–water partition coefficient (Wildman–Crippen LogP) is 4.92. The second kappa shape index (κ2) is 7.57.